The van der Waals surface area contributed by atoms with Crippen LogP contribution in [0.15, 0.2) is 54.9 Å². The van der Waals surface area contributed by atoms with E-state index < -0.39 is 11.6 Å². The molecule has 0 saturated heterocycles. The van der Waals surface area contributed by atoms with Crippen LogP contribution in [0.5, 0.6) is 11.5 Å². The molecule has 0 aliphatic carbocycles. The quantitative estimate of drug-likeness (QED) is 0.478. The summed E-state index contributed by atoms with van der Waals surface area (Å²) in [5.41, 5.74) is 1.69. The molecule has 0 aliphatic heterocycles. The third-order valence-electron chi connectivity index (χ3n) is 4.29. The zero-order valence-corrected chi connectivity index (χ0v) is 15.1. The van der Waals surface area contributed by atoms with E-state index in [0.717, 1.165) is 11.5 Å². The van der Waals surface area contributed by atoms with Gasteiger partial charge in [-0.25, -0.2) is 8.78 Å². The Balaban J connectivity index is 1.82. The Morgan fingerprint density at radius 2 is 1.96 bits per heavy atom. The molecule has 2 aromatic heterocycles. The summed E-state index contributed by atoms with van der Waals surface area (Å²) in [5.74, 6) is -1.08. The van der Waals surface area contributed by atoms with E-state index in [1.54, 1.807) is 24.4 Å². The number of ether oxygens (including phenoxy) is 1. The summed E-state index contributed by atoms with van der Waals surface area (Å²) >= 11 is 5.89. The van der Waals surface area contributed by atoms with Crippen molar-refractivity contribution in [3.63, 3.8) is 0 Å². The van der Waals surface area contributed by atoms with Gasteiger partial charge in [-0.2, -0.15) is 5.26 Å². The highest BCUT2D eigenvalue weighted by molar-refractivity contribution is 6.30. The smallest absolute Gasteiger partial charge is 0.168 e. The maximum Gasteiger partial charge on any atom is 0.168 e. The first-order chi connectivity index (χ1) is 13.5. The normalized spacial score (nSPS) is 10.8. The average molecular weight is 396 g/mol. The first-order valence-electron chi connectivity index (χ1n) is 8.31. The van der Waals surface area contributed by atoms with Crippen molar-refractivity contribution >= 4 is 22.5 Å². The van der Waals surface area contributed by atoms with Gasteiger partial charge in [0.2, 0.25) is 0 Å². The van der Waals surface area contributed by atoms with Crippen LogP contribution in [0.25, 0.3) is 10.9 Å². The predicted octanol–water partition coefficient (Wildman–Crippen LogP) is 5.75. The van der Waals surface area contributed by atoms with Crippen LogP contribution in [0.2, 0.25) is 5.02 Å². The first kappa shape index (κ1) is 18.0. The maximum absolute atomic E-state index is 14.8. The van der Waals surface area contributed by atoms with E-state index in [1.807, 2.05) is 6.07 Å². The summed E-state index contributed by atoms with van der Waals surface area (Å²) in [6.45, 7) is 0. The molecule has 4 nitrogen and oxygen atoms in total. The highest BCUT2D eigenvalue weighted by Gasteiger charge is 2.18. The second kappa shape index (κ2) is 7.29. The van der Waals surface area contributed by atoms with Crippen LogP contribution in [0.3, 0.4) is 0 Å². The number of H-pyrrole nitrogens is 1. The highest BCUT2D eigenvalue weighted by Crippen LogP contribution is 2.36. The zero-order chi connectivity index (χ0) is 19.7. The van der Waals surface area contributed by atoms with Crippen LogP contribution in [0.4, 0.5) is 8.78 Å². The third-order valence-corrected chi connectivity index (χ3v) is 4.51. The topological polar surface area (TPSA) is 61.7 Å². The number of halogens is 3. The van der Waals surface area contributed by atoms with Gasteiger partial charge in [0.05, 0.1) is 10.6 Å². The fraction of sp³-hybridized carbons (Fsp3) is 0.0476. The van der Waals surface area contributed by atoms with Crippen LogP contribution in [-0.2, 0) is 6.42 Å². The summed E-state index contributed by atoms with van der Waals surface area (Å²) in [5, 5.41) is 10.3. The van der Waals surface area contributed by atoms with Gasteiger partial charge in [0, 0.05) is 53.1 Å². The van der Waals surface area contributed by atoms with E-state index in [0.29, 0.717) is 28.2 Å². The number of nitriles is 1. The monoisotopic (exact) mass is 395 g/mol. The minimum absolute atomic E-state index is 0.000604. The van der Waals surface area contributed by atoms with E-state index in [2.05, 4.69) is 9.97 Å². The standard InChI is InChI=1S/C21H12ClF2N3O/c22-13-1-2-14(27-11-13)8-17-16-5-6-26-20(16)9-19(24)21(17)28-15-3-4-18(23)12(7-15)10-25/h1-7,9,11,26H,8H2. The number of nitrogens with one attached hydrogen (secondary N) is 1. The Labute approximate surface area is 164 Å². The van der Waals surface area contributed by atoms with E-state index in [9.17, 15) is 8.78 Å². The number of aromatic amines is 1. The lowest BCUT2D eigenvalue weighted by atomic mass is 10.0. The Kier molecular flexibility index (Phi) is 4.68. The van der Waals surface area contributed by atoms with Gasteiger partial charge < -0.3 is 9.72 Å². The van der Waals surface area contributed by atoms with Crippen molar-refractivity contribution in [3.8, 4) is 17.6 Å². The Morgan fingerprint density at radius 1 is 1.11 bits per heavy atom. The lowest BCUT2D eigenvalue weighted by Crippen LogP contribution is -2.00. The highest BCUT2D eigenvalue weighted by atomic mass is 35.5. The molecule has 2 aromatic carbocycles. The van der Waals surface area contributed by atoms with Crippen LogP contribution in [0.1, 0.15) is 16.8 Å². The van der Waals surface area contributed by atoms with E-state index in [4.69, 9.17) is 21.6 Å². The lowest BCUT2D eigenvalue weighted by molar-refractivity contribution is 0.437. The number of fused-ring (bicyclic) bond motifs is 1. The molecule has 4 rings (SSSR count). The number of pyridine rings is 1. The second-order valence-corrected chi connectivity index (χ2v) is 6.54. The summed E-state index contributed by atoms with van der Waals surface area (Å²) in [4.78, 5) is 7.25. The van der Waals surface area contributed by atoms with Crippen LogP contribution < -0.4 is 4.74 Å². The van der Waals surface area contributed by atoms with Crippen molar-refractivity contribution in [1.29, 1.82) is 5.26 Å². The fourth-order valence-corrected chi connectivity index (χ4v) is 3.08. The Hall–Kier alpha value is -3.43. The van der Waals surface area contributed by atoms with Crippen LogP contribution in [-0.4, -0.2) is 9.97 Å². The molecule has 0 bridgehead atoms. The lowest BCUT2D eigenvalue weighted by Gasteiger charge is -2.14. The number of aromatic nitrogens is 2. The number of benzene rings is 2. The largest absolute Gasteiger partial charge is 0.454 e. The Bertz CT molecular complexity index is 1210. The van der Waals surface area contributed by atoms with Gasteiger partial charge in [-0.1, -0.05) is 11.6 Å². The van der Waals surface area contributed by atoms with Gasteiger partial charge in [-0.15, -0.1) is 0 Å². The number of hydrogen-bond acceptors (Lipinski definition) is 3. The molecule has 138 valence electrons. The van der Waals surface area contributed by atoms with Crippen molar-refractivity contribution in [1.82, 2.24) is 9.97 Å². The third kappa shape index (κ3) is 3.40. The van der Waals surface area contributed by atoms with E-state index in [1.165, 1.54) is 24.4 Å². The molecule has 0 radical (unpaired) electrons. The van der Waals surface area contributed by atoms with Crippen molar-refractivity contribution in [2.24, 2.45) is 0 Å². The number of nitrogens with zero attached hydrogens (tertiary/aromatic N) is 2. The predicted molar refractivity (Wildman–Crippen MR) is 101 cm³/mol. The number of rotatable bonds is 4. The summed E-state index contributed by atoms with van der Waals surface area (Å²) in [6.07, 6.45) is 3.52. The molecule has 4 aromatic rings. The molecule has 0 aliphatic rings. The van der Waals surface area contributed by atoms with Gasteiger partial charge in [0.1, 0.15) is 17.6 Å². The molecular formula is C21H12ClF2N3O. The van der Waals surface area contributed by atoms with Gasteiger partial charge in [-0.05, 0) is 30.3 Å². The average Bonchev–Trinajstić information content (AvgIpc) is 3.15. The molecule has 0 saturated carbocycles. The van der Waals surface area contributed by atoms with E-state index in [-0.39, 0.29) is 17.1 Å². The first-order valence-corrected chi connectivity index (χ1v) is 8.69. The van der Waals surface area contributed by atoms with Crippen molar-refractivity contribution in [2.45, 2.75) is 6.42 Å². The molecular weight excluding hydrogens is 384 g/mol. The van der Waals surface area contributed by atoms with Crippen molar-refractivity contribution < 1.29 is 13.5 Å². The molecule has 1 N–H and O–H groups in total. The maximum atomic E-state index is 14.8. The van der Waals surface area contributed by atoms with Crippen molar-refractivity contribution in [3.05, 3.63) is 88.3 Å². The molecule has 0 atom stereocenters. The molecule has 28 heavy (non-hydrogen) atoms. The molecule has 0 unspecified atom stereocenters. The SMILES string of the molecule is N#Cc1cc(Oc2c(F)cc3[nH]ccc3c2Cc2ccc(Cl)cn2)ccc1F. The van der Waals surface area contributed by atoms with Gasteiger partial charge in [0.25, 0.3) is 0 Å². The van der Waals surface area contributed by atoms with Crippen LogP contribution >= 0.6 is 11.6 Å². The minimum atomic E-state index is -0.665. The molecule has 0 spiro atoms. The van der Waals surface area contributed by atoms with Gasteiger partial charge in [0.15, 0.2) is 11.6 Å². The van der Waals surface area contributed by atoms with E-state index >= 15 is 0 Å². The number of hydrogen-bond donors (Lipinski definition) is 1. The molecule has 7 heteroatoms. The second-order valence-electron chi connectivity index (χ2n) is 6.11. The molecule has 2 heterocycles. The Morgan fingerprint density at radius 3 is 2.71 bits per heavy atom. The van der Waals surface area contributed by atoms with Crippen molar-refractivity contribution in [2.75, 3.05) is 0 Å². The summed E-state index contributed by atoms with van der Waals surface area (Å²) in [6, 6.07) is 12.0. The summed E-state index contributed by atoms with van der Waals surface area (Å²) < 4.78 is 34.2. The zero-order valence-electron chi connectivity index (χ0n) is 14.3. The minimum Gasteiger partial charge on any atom is -0.454 e. The molecule has 0 fully saturated rings. The van der Waals surface area contributed by atoms with Crippen LogP contribution in [0, 0.1) is 23.0 Å². The summed E-state index contributed by atoms with van der Waals surface area (Å²) in [7, 11) is 0. The van der Waals surface area contributed by atoms with Gasteiger partial charge >= 0.3 is 0 Å². The fourth-order valence-electron chi connectivity index (χ4n) is 2.97. The molecule has 0 amide bonds. The van der Waals surface area contributed by atoms with Gasteiger partial charge in [-0.3, -0.25) is 4.98 Å².